The summed E-state index contributed by atoms with van der Waals surface area (Å²) in [6, 6.07) is 0. The molecule has 1 radical (unpaired) electrons. The molecule has 0 rings (SSSR count). The fourth-order valence-corrected chi connectivity index (χ4v) is 0. The third-order valence-corrected chi connectivity index (χ3v) is 0. The van der Waals surface area contributed by atoms with E-state index in [1.54, 1.807) is 0 Å². The number of rotatable bonds is 0. The molecule has 0 fully saturated rings. The summed E-state index contributed by atoms with van der Waals surface area (Å²) >= 11 is 0. The van der Waals surface area contributed by atoms with Crippen molar-refractivity contribution >= 4 is 7.91 Å². The predicted octanol–water partition coefficient (Wildman–Crippen LogP) is -4.21. The van der Waals surface area contributed by atoms with E-state index in [0.717, 1.165) is 0 Å². The molecule has 37 valence electrons. The molecule has 0 saturated heterocycles. The van der Waals surface area contributed by atoms with Crippen LogP contribution >= 0.6 is 7.91 Å². The summed E-state index contributed by atoms with van der Waals surface area (Å²) < 4.78 is 18.6. The van der Waals surface area contributed by atoms with E-state index < -0.39 is 7.91 Å². The van der Waals surface area contributed by atoms with Gasteiger partial charge < -0.3 is 14.4 Å². The zero-order chi connectivity index (χ0) is 4.50. The van der Waals surface area contributed by atoms with Gasteiger partial charge in [-0.3, -0.25) is 0 Å². The summed E-state index contributed by atoms with van der Waals surface area (Å²) in [7, 11) is -5.64. The van der Waals surface area contributed by atoms with Crippen molar-refractivity contribution in [2.24, 2.45) is 0 Å². The minimum atomic E-state index is -5.64. The predicted molar refractivity (Wildman–Crippen MR) is 8.71 cm³/mol. The molecule has 0 N–H and O–H groups in total. The molecular weight excluding hydrogens is 160 g/mol. The Morgan fingerprint density at radius 3 is 1.43 bits per heavy atom. The largest absolute Gasteiger partial charge is 2.00 e. The minimum absolute atomic E-state index is 0. The van der Waals surface area contributed by atoms with Gasteiger partial charge >= 0.3 is 35.9 Å². The first-order valence-electron chi connectivity index (χ1n) is 0.717. The summed E-state index contributed by atoms with van der Waals surface area (Å²) in [5.74, 6) is 0. The van der Waals surface area contributed by atoms with E-state index in [2.05, 4.69) is 0 Å². The fourth-order valence-electron chi connectivity index (χ4n) is 0. The molecule has 0 aliphatic carbocycles. The fraction of sp³-hybridized carbons (Fsp3) is 0. The van der Waals surface area contributed by atoms with Gasteiger partial charge in [0.1, 0.15) is 7.91 Å². The first-order chi connectivity index (χ1) is 2.00. The van der Waals surface area contributed by atoms with E-state index in [-0.39, 0.29) is 35.9 Å². The second-order valence-electron chi connectivity index (χ2n) is 0.431. The van der Waals surface area contributed by atoms with Gasteiger partial charge in [-0.15, -0.1) is 0 Å². The van der Waals surface area contributed by atoms with Crippen molar-refractivity contribution in [1.82, 2.24) is 0 Å². The smallest absolute Gasteiger partial charge is 0.786 e. The Kier molecular flexibility index (Phi) is 12.0. The molecule has 0 unspecified atom stereocenters. The van der Waals surface area contributed by atoms with Gasteiger partial charge in [-0.1, -0.05) is 0 Å². The summed E-state index contributed by atoms with van der Waals surface area (Å²) in [5.41, 5.74) is 0. The molecule has 0 amide bonds. The first kappa shape index (κ1) is 15.7. The zero-order valence-electron chi connectivity index (χ0n) is 3.43. The van der Waals surface area contributed by atoms with Crippen LogP contribution in [0.25, 0.3) is 0 Å². The van der Waals surface area contributed by atoms with Crippen molar-refractivity contribution in [1.29, 1.82) is 0 Å². The standard InChI is InChI=1S/FH2O3P.Li.Mn/c1-5(2,3)4;;/h(H2,2,3,4);;/q;+1;+2/p-2. The molecule has 0 aromatic carbocycles. The van der Waals surface area contributed by atoms with E-state index in [1.165, 1.54) is 0 Å². The molecule has 7 heteroatoms. The maximum absolute atomic E-state index is 10.1. The monoisotopic (exact) mass is 160 g/mol. The molecule has 0 saturated carbocycles. The molecule has 0 heterocycles. The average molecular weight is 160 g/mol. The van der Waals surface area contributed by atoms with Crippen LogP contribution in [0, 0.1) is 0 Å². The number of hydrogen-bond acceptors (Lipinski definition) is 3. The second-order valence-corrected chi connectivity index (χ2v) is 1.29. The van der Waals surface area contributed by atoms with E-state index in [4.69, 9.17) is 14.4 Å². The summed E-state index contributed by atoms with van der Waals surface area (Å²) in [4.78, 5) is 16.9. The first-order valence-corrected chi connectivity index (χ1v) is 2.15. The van der Waals surface area contributed by atoms with Crippen LogP contribution in [-0.2, 0) is 21.6 Å². The average Bonchev–Trinajstić information content (AvgIpc) is 0.722. The third-order valence-electron chi connectivity index (χ3n) is 0. The normalized spacial score (nSPS) is 8.43. The molecule has 0 aliphatic heterocycles. The molecular formula is FLiMnO3P+. The van der Waals surface area contributed by atoms with E-state index >= 15 is 0 Å². The van der Waals surface area contributed by atoms with Crippen LogP contribution in [0.15, 0.2) is 0 Å². The van der Waals surface area contributed by atoms with Gasteiger partial charge in [0.05, 0.1) is 0 Å². The molecule has 0 bridgehead atoms. The maximum Gasteiger partial charge on any atom is 2.00 e. The second kappa shape index (κ2) is 5.34. The van der Waals surface area contributed by atoms with E-state index in [9.17, 15) is 4.20 Å². The Bertz CT molecular complexity index is 61.1. The molecule has 0 aromatic heterocycles. The van der Waals surface area contributed by atoms with Gasteiger partial charge in [0.2, 0.25) is 0 Å². The van der Waals surface area contributed by atoms with Crippen LogP contribution in [0.2, 0.25) is 0 Å². The van der Waals surface area contributed by atoms with Crippen LogP contribution < -0.4 is 28.6 Å². The summed E-state index contributed by atoms with van der Waals surface area (Å²) in [5, 5.41) is 0. The molecule has 0 aliphatic rings. The molecule has 0 spiro atoms. The molecule has 7 heavy (non-hydrogen) atoms. The molecule has 3 nitrogen and oxygen atoms in total. The van der Waals surface area contributed by atoms with Crippen LogP contribution in [0.4, 0.5) is 4.20 Å². The zero-order valence-corrected chi connectivity index (χ0v) is 5.50. The van der Waals surface area contributed by atoms with Gasteiger partial charge in [0.25, 0.3) is 0 Å². The van der Waals surface area contributed by atoms with Gasteiger partial charge in [0.15, 0.2) is 0 Å². The van der Waals surface area contributed by atoms with Crippen molar-refractivity contribution in [3.8, 4) is 0 Å². The number of hydrogen-bond donors (Lipinski definition) is 0. The Morgan fingerprint density at radius 2 is 1.43 bits per heavy atom. The van der Waals surface area contributed by atoms with Crippen LogP contribution in [0.1, 0.15) is 0 Å². The van der Waals surface area contributed by atoms with Crippen molar-refractivity contribution < 1.29 is 54.5 Å². The van der Waals surface area contributed by atoms with E-state index in [1.807, 2.05) is 0 Å². The molecule has 0 aromatic rings. The summed E-state index contributed by atoms with van der Waals surface area (Å²) in [6.45, 7) is 0. The Balaban J connectivity index is -0.0000000800. The topological polar surface area (TPSA) is 63.2 Å². The Morgan fingerprint density at radius 1 is 1.43 bits per heavy atom. The number of halogens is 1. The Labute approximate surface area is 62.6 Å². The molecule has 0 atom stereocenters. The quantitative estimate of drug-likeness (QED) is 0.266. The van der Waals surface area contributed by atoms with Crippen molar-refractivity contribution in [2.75, 3.05) is 0 Å². The minimum Gasteiger partial charge on any atom is -0.786 e. The van der Waals surface area contributed by atoms with E-state index in [0.29, 0.717) is 0 Å². The maximum atomic E-state index is 10.1. The van der Waals surface area contributed by atoms with Crippen LogP contribution in [0.5, 0.6) is 0 Å². The van der Waals surface area contributed by atoms with Crippen molar-refractivity contribution in [3.63, 3.8) is 0 Å². The van der Waals surface area contributed by atoms with Crippen LogP contribution in [-0.4, -0.2) is 0 Å². The SMILES string of the molecule is O=P([O-])([O-])F.[Li+].[Mn+2]. The Hall–Kier alpha value is 1.20. The van der Waals surface area contributed by atoms with Crippen molar-refractivity contribution in [3.05, 3.63) is 0 Å². The van der Waals surface area contributed by atoms with Gasteiger partial charge in [0, 0.05) is 0 Å². The van der Waals surface area contributed by atoms with Gasteiger partial charge in [-0.2, -0.15) is 0 Å². The third kappa shape index (κ3) is 136. The van der Waals surface area contributed by atoms with Gasteiger partial charge in [-0.25, -0.2) is 4.20 Å². The van der Waals surface area contributed by atoms with Crippen LogP contribution in [0.3, 0.4) is 0 Å². The van der Waals surface area contributed by atoms with Crippen molar-refractivity contribution in [2.45, 2.75) is 0 Å². The van der Waals surface area contributed by atoms with Gasteiger partial charge in [-0.05, 0) is 0 Å². The summed E-state index contributed by atoms with van der Waals surface area (Å²) in [6.07, 6.45) is 0.